The van der Waals surface area contributed by atoms with Gasteiger partial charge in [-0.05, 0) is 5.92 Å². The van der Waals surface area contributed by atoms with Crippen molar-refractivity contribution in [1.29, 1.82) is 0 Å². The fourth-order valence-electron chi connectivity index (χ4n) is 0.803. The molecule has 0 aromatic rings. The second kappa shape index (κ2) is 16.5. The van der Waals surface area contributed by atoms with E-state index in [1.54, 1.807) is 0 Å². The molecule has 72 valence electrons. The van der Waals surface area contributed by atoms with E-state index in [0.717, 1.165) is 5.92 Å². The van der Waals surface area contributed by atoms with Crippen molar-refractivity contribution in [1.82, 2.24) is 0 Å². The number of hydrogen-bond acceptors (Lipinski definition) is 0. The molecule has 0 fully saturated rings. The summed E-state index contributed by atoms with van der Waals surface area (Å²) in [6.07, 6.45) is 5.60. The van der Waals surface area contributed by atoms with Gasteiger partial charge in [0.2, 0.25) is 0 Å². The monoisotopic (exact) mass is 160 g/mol. The quantitative estimate of drug-likeness (QED) is 0.514. The Morgan fingerprint density at radius 2 is 1.45 bits per heavy atom. The average Bonchev–Trinajstić information content (AvgIpc) is 1.92. The maximum absolute atomic E-state index is 2.29. The van der Waals surface area contributed by atoms with Crippen molar-refractivity contribution in [2.45, 2.75) is 67.7 Å². The van der Waals surface area contributed by atoms with Crippen LogP contribution in [0.2, 0.25) is 0 Å². The van der Waals surface area contributed by atoms with E-state index in [1.807, 2.05) is 13.8 Å². The van der Waals surface area contributed by atoms with E-state index in [9.17, 15) is 0 Å². The zero-order chi connectivity index (χ0) is 8.41. The highest BCUT2D eigenvalue weighted by Gasteiger charge is 1.90. The summed E-state index contributed by atoms with van der Waals surface area (Å²) < 4.78 is 0. The predicted octanol–water partition coefficient (Wildman–Crippen LogP) is 4.89. The summed E-state index contributed by atoms with van der Waals surface area (Å²) in [5.41, 5.74) is 0. The highest BCUT2D eigenvalue weighted by molar-refractivity contribution is 4.44. The molecule has 0 heterocycles. The van der Waals surface area contributed by atoms with Gasteiger partial charge in [-0.3, -0.25) is 0 Å². The molecular weight excluding hydrogens is 132 g/mol. The molecule has 0 atom stereocenters. The number of rotatable bonds is 4. The van der Waals surface area contributed by atoms with E-state index in [0.29, 0.717) is 0 Å². The van der Waals surface area contributed by atoms with Crippen LogP contribution in [-0.2, 0) is 0 Å². The second-order valence-corrected chi connectivity index (χ2v) is 2.89. The maximum atomic E-state index is 2.29. The molecule has 0 unspecified atom stereocenters. The van der Waals surface area contributed by atoms with Gasteiger partial charge in [0, 0.05) is 0 Å². The van der Waals surface area contributed by atoms with Crippen LogP contribution in [0.25, 0.3) is 0 Å². The summed E-state index contributed by atoms with van der Waals surface area (Å²) in [6, 6.07) is 0. The lowest BCUT2D eigenvalue weighted by Crippen LogP contribution is -1.85. The van der Waals surface area contributed by atoms with Gasteiger partial charge in [-0.25, -0.2) is 0 Å². The van der Waals surface area contributed by atoms with Gasteiger partial charge in [-0.2, -0.15) is 0 Å². The van der Waals surface area contributed by atoms with Crippen molar-refractivity contribution in [2.75, 3.05) is 0 Å². The summed E-state index contributed by atoms with van der Waals surface area (Å²) >= 11 is 0. The normalized spacial score (nSPS) is 8.18. The van der Waals surface area contributed by atoms with Crippen molar-refractivity contribution < 1.29 is 0 Å². The van der Waals surface area contributed by atoms with E-state index in [4.69, 9.17) is 0 Å². The SMILES string of the molecule is C.CC.CCCCCC(C)C. The molecule has 0 heteroatoms. The molecule has 0 N–H and O–H groups in total. The lowest BCUT2D eigenvalue weighted by Gasteiger charge is -2.00. The van der Waals surface area contributed by atoms with Crippen molar-refractivity contribution in [3.8, 4) is 0 Å². The first-order chi connectivity index (χ1) is 4.77. The molecule has 0 saturated carbocycles. The van der Waals surface area contributed by atoms with Gasteiger partial charge >= 0.3 is 0 Å². The molecule has 0 aromatic carbocycles. The summed E-state index contributed by atoms with van der Waals surface area (Å²) in [7, 11) is 0. The Morgan fingerprint density at radius 3 is 1.73 bits per heavy atom. The molecule has 0 bridgehead atoms. The molecule has 0 aliphatic rings. The maximum Gasteiger partial charge on any atom is -0.0471 e. The molecular formula is C11H28. The van der Waals surface area contributed by atoms with E-state index in [1.165, 1.54) is 25.7 Å². The Morgan fingerprint density at radius 1 is 1.00 bits per heavy atom. The minimum absolute atomic E-state index is 0. The molecule has 0 saturated heterocycles. The predicted molar refractivity (Wildman–Crippen MR) is 57.1 cm³/mol. The first kappa shape index (κ1) is 17.2. The third-order valence-electron chi connectivity index (χ3n) is 1.39. The molecule has 0 rings (SSSR count). The van der Waals surface area contributed by atoms with Crippen LogP contribution < -0.4 is 0 Å². The molecule has 0 nitrogen and oxygen atoms in total. The third-order valence-corrected chi connectivity index (χ3v) is 1.39. The lowest BCUT2D eigenvalue weighted by atomic mass is 10.1. The Hall–Kier alpha value is 0. The molecule has 0 aliphatic carbocycles. The van der Waals surface area contributed by atoms with Gasteiger partial charge in [0.05, 0.1) is 0 Å². The Bertz CT molecular complexity index is 37.3. The average molecular weight is 160 g/mol. The standard InChI is InChI=1S/C8H18.C2H6.CH4/c1-4-5-6-7-8(2)3;1-2;/h8H,4-7H2,1-3H3;1-2H3;1H4. The van der Waals surface area contributed by atoms with Crippen molar-refractivity contribution in [3.05, 3.63) is 0 Å². The summed E-state index contributed by atoms with van der Waals surface area (Å²) in [6.45, 7) is 10.8. The number of unbranched alkanes of at least 4 members (excludes halogenated alkanes) is 2. The smallest absolute Gasteiger partial charge is 0.0471 e. The second-order valence-electron chi connectivity index (χ2n) is 2.89. The number of hydrogen-bond donors (Lipinski definition) is 0. The van der Waals surface area contributed by atoms with Crippen molar-refractivity contribution >= 4 is 0 Å². The summed E-state index contributed by atoms with van der Waals surface area (Å²) in [5, 5.41) is 0. The Balaban J connectivity index is -0.000000196. The van der Waals surface area contributed by atoms with Crippen LogP contribution in [0.4, 0.5) is 0 Å². The fourth-order valence-corrected chi connectivity index (χ4v) is 0.803. The van der Waals surface area contributed by atoms with E-state index < -0.39 is 0 Å². The van der Waals surface area contributed by atoms with Crippen molar-refractivity contribution in [3.63, 3.8) is 0 Å². The van der Waals surface area contributed by atoms with Gasteiger partial charge in [0.1, 0.15) is 0 Å². The van der Waals surface area contributed by atoms with Crippen LogP contribution in [0.3, 0.4) is 0 Å². The summed E-state index contributed by atoms with van der Waals surface area (Å²) in [4.78, 5) is 0. The fraction of sp³-hybridized carbons (Fsp3) is 1.00. The van der Waals surface area contributed by atoms with Crippen molar-refractivity contribution in [2.24, 2.45) is 5.92 Å². The van der Waals surface area contributed by atoms with E-state index >= 15 is 0 Å². The van der Waals surface area contributed by atoms with Gasteiger partial charge in [-0.15, -0.1) is 0 Å². The van der Waals surface area contributed by atoms with Gasteiger partial charge in [-0.1, -0.05) is 67.7 Å². The van der Waals surface area contributed by atoms with E-state index in [-0.39, 0.29) is 7.43 Å². The molecule has 0 aromatic heterocycles. The van der Waals surface area contributed by atoms with Crippen LogP contribution in [0.1, 0.15) is 67.7 Å². The molecule has 0 aliphatic heterocycles. The topological polar surface area (TPSA) is 0 Å². The Kier molecular flexibility index (Phi) is 25.8. The van der Waals surface area contributed by atoms with Gasteiger partial charge in [0.15, 0.2) is 0 Å². The Labute approximate surface area is 74.4 Å². The van der Waals surface area contributed by atoms with Crippen LogP contribution in [0.5, 0.6) is 0 Å². The summed E-state index contributed by atoms with van der Waals surface area (Å²) in [5.74, 6) is 0.904. The first-order valence-corrected chi connectivity index (χ1v) is 4.77. The van der Waals surface area contributed by atoms with Gasteiger partial charge < -0.3 is 0 Å². The zero-order valence-electron chi connectivity index (χ0n) is 8.41. The minimum atomic E-state index is 0. The first-order valence-electron chi connectivity index (χ1n) is 4.77. The molecule has 0 radical (unpaired) electrons. The van der Waals surface area contributed by atoms with Crippen LogP contribution in [0.15, 0.2) is 0 Å². The lowest BCUT2D eigenvalue weighted by molar-refractivity contribution is 0.534. The molecule has 11 heavy (non-hydrogen) atoms. The highest BCUT2D eigenvalue weighted by atomic mass is 14.0. The largest absolute Gasteiger partial charge is 0.0776 e. The van der Waals surface area contributed by atoms with Crippen LogP contribution in [0, 0.1) is 5.92 Å². The van der Waals surface area contributed by atoms with Crippen LogP contribution in [-0.4, -0.2) is 0 Å². The van der Waals surface area contributed by atoms with Gasteiger partial charge in [0.25, 0.3) is 0 Å². The molecule has 0 spiro atoms. The third kappa shape index (κ3) is 25.6. The highest BCUT2D eigenvalue weighted by Crippen LogP contribution is 2.06. The molecule has 0 amide bonds. The van der Waals surface area contributed by atoms with E-state index in [2.05, 4.69) is 20.8 Å². The minimum Gasteiger partial charge on any atom is -0.0776 e. The zero-order valence-corrected chi connectivity index (χ0v) is 8.41. The van der Waals surface area contributed by atoms with Crippen LogP contribution >= 0.6 is 0 Å².